The summed E-state index contributed by atoms with van der Waals surface area (Å²) in [5.41, 5.74) is 7.48. The van der Waals surface area contributed by atoms with Crippen LogP contribution in [0.15, 0.2) is 54.9 Å². The van der Waals surface area contributed by atoms with Gasteiger partial charge >= 0.3 is 12.2 Å². The van der Waals surface area contributed by atoms with Crippen molar-refractivity contribution in [2.24, 2.45) is 0 Å². The third-order valence-corrected chi connectivity index (χ3v) is 4.46. The summed E-state index contributed by atoms with van der Waals surface area (Å²) in [6.45, 7) is 1.25. The minimum absolute atomic E-state index is 0.249. The minimum atomic E-state index is -4.56. The molecule has 0 saturated carbocycles. The lowest BCUT2D eigenvalue weighted by atomic mass is 10.1. The van der Waals surface area contributed by atoms with Crippen LogP contribution in [0, 0.1) is 0 Å². The number of aliphatic hydroxyl groups is 1. The van der Waals surface area contributed by atoms with E-state index in [-0.39, 0.29) is 12.4 Å². The van der Waals surface area contributed by atoms with Gasteiger partial charge in [0.15, 0.2) is 0 Å². The molecule has 3 aromatic rings. The highest BCUT2D eigenvalue weighted by Gasteiger charge is 2.31. The minimum Gasteiger partial charge on any atom is -0.397 e. The molecule has 10 heteroatoms. The summed E-state index contributed by atoms with van der Waals surface area (Å²) in [4.78, 5) is 20.8. The molecule has 0 aliphatic heterocycles. The second kappa shape index (κ2) is 8.46. The summed E-state index contributed by atoms with van der Waals surface area (Å²) >= 11 is 0. The number of aromatic amines is 1. The van der Waals surface area contributed by atoms with Gasteiger partial charge < -0.3 is 15.8 Å². The Labute approximate surface area is 170 Å². The highest BCUT2D eigenvalue weighted by Crippen LogP contribution is 2.30. The second-order valence-electron chi connectivity index (χ2n) is 6.61. The molecule has 0 fully saturated rings. The van der Waals surface area contributed by atoms with E-state index in [2.05, 4.69) is 15.3 Å². The number of nitrogens with two attached hydrogens (primary N) is 1. The predicted octanol–water partition coefficient (Wildman–Crippen LogP) is 4.10. The van der Waals surface area contributed by atoms with Crippen molar-refractivity contribution in [1.82, 2.24) is 9.97 Å². The van der Waals surface area contributed by atoms with Crippen LogP contribution >= 0.6 is 0 Å². The number of carbonyl (C=O) groups is 1. The van der Waals surface area contributed by atoms with Gasteiger partial charge in [0.2, 0.25) is 0 Å². The number of alkyl halides is 3. The maximum atomic E-state index is 12.9. The van der Waals surface area contributed by atoms with Crippen molar-refractivity contribution in [3.8, 4) is 11.3 Å². The number of nitrogen functional groups attached to an aromatic ring is 1. The lowest BCUT2D eigenvalue weighted by Crippen LogP contribution is -2.43. The van der Waals surface area contributed by atoms with Crippen LogP contribution in [0.2, 0.25) is 0 Å². The number of urea groups is 1. The van der Waals surface area contributed by atoms with E-state index >= 15 is 0 Å². The van der Waals surface area contributed by atoms with E-state index in [9.17, 15) is 23.1 Å². The highest BCUT2D eigenvalue weighted by molar-refractivity contribution is 6.01. The van der Waals surface area contributed by atoms with E-state index in [1.165, 1.54) is 4.90 Å². The van der Waals surface area contributed by atoms with E-state index in [0.717, 1.165) is 29.6 Å². The molecule has 158 valence electrons. The number of H-pyrrole nitrogens is 1. The Balaban J connectivity index is 1.86. The molecule has 5 N–H and O–H groups in total. The zero-order chi connectivity index (χ0) is 21.9. The second-order valence-corrected chi connectivity index (χ2v) is 6.61. The molecule has 2 amide bonds. The van der Waals surface area contributed by atoms with E-state index in [0.29, 0.717) is 11.4 Å². The zero-order valence-corrected chi connectivity index (χ0v) is 15.9. The lowest BCUT2D eigenvalue weighted by Gasteiger charge is -2.28. The van der Waals surface area contributed by atoms with Crippen molar-refractivity contribution in [3.05, 3.63) is 60.4 Å². The van der Waals surface area contributed by atoms with Gasteiger partial charge in [0.25, 0.3) is 0 Å². The normalized spacial score (nSPS) is 12.4. The van der Waals surface area contributed by atoms with Gasteiger partial charge in [-0.15, -0.1) is 0 Å². The fourth-order valence-electron chi connectivity index (χ4n) is 2.92. The van der Waals surface area contributed by atoms with Crippen LogP contribution in [0.4, 0.5) is 35.2 Å². The first-order valence-corrected chi connectivity index (χ1v) is 8.98. The molecule has 3 rings (SSSR count). The molecule has 2 heterocycles. The number of hydrogen-bond acceptors (Lipinski definition) is 4. The van der Waals surface area contributed by atoms with E-state index in [4.69, 9.17) is 5.73 Å². The maximum Gasteiger partial charge on any atom is 0.416 e. The van der Waals surface area contributed by atoms with Crippen LogP contribution in [0.3, 0.4) is 0 Å². The standard InChI is InChI=1S/C20H20F3N5O2/c1-12(11-29)28(15-4-2-13(3-5-15)18-16(24)7-9-26-18)19(30)27-17-10-14(6-8-25-17)20(21,22)23/h2-10,12,26,29H,11,24H2,1H3,(H,25,27,30). The third kappa shape index (κ3) is 4.54. The number of amides is 2. The lowest BCUT2D eigenvalue weighted by molar-refractivity contribution is -0.137. The van der Waals surface area contributed by atoms with Crippen molar-refractivity contribution >= 4 is 23.2 Å². The molecular weight excluding hydrogens is 399 g/mol. The summed E-state index contributed by atoms with van der Waals surface area (Å²) < 4.78 is 38.7. The molecule has 30 heavy (non-hydrogen) atoms. The number of hydrogen-bond donors (Lipinski definition) is 4. The van der Waals surface area contributed by atoms with Gasteiger partial charge in [0.05, 0.1) is 29.6 Å². The highest BCUT2D eigenvalue weighted by atomic mass is 19.4. The van der Waals surface area contributed by atoms with Crippen LogP contribution in [0.5, 0.6) is 0 Å². The topological polar surface area (TPSA) is 107 Å². The number of benzene rings is 1. The van der Waals surface area contributed by atoms with Crippen LogP contribution in [-0.4, -0.2) is 33.8 Å². The van der Waals surface area contributed by atoms with Crippen molar-refractivity contribution in [2.75, 3.05) is 22.6 Å². The molecule has 0 aliphatic rings. The molecular formula is C20H20F3N5O2. The SMILES string of the molecule is CC(CO)N(C(=O)Nc1cc(C(F)(F)F)ccn1)c1ccc(-c2[nH]ccc2N)cc1. The molecule has 1 aromatic carbocycles. The summed E-state index contributed by atoms with van der Waals surface area (Å²) in [5.74, 6) is -0.249. The molecule has 7 nitrogen and oxygen atoms in total. The van der Waals surface area contributed by atoms with Gasteiger partial charge in [-0.05, 0) is 37.3 Å². The number of nitrogens with zero attached hydrogens (tertiary/aromatic N) is 2. The number of rotatable bonds is 5. The monoisotopic (exact) mass is 419 g/mol. The maximum absolute atomic E-state index is 12.9. The predicted molar refractivity (Wildman–Crippen MR) is 108 cm³/mol. The fourth-order valence-corrected chi connectivity index (χ4v) is 2.92. The Morgan fingerprint density at radius 1 is 1.27 bits per heavy atom. The Kier molecular flexibility index (Phi) is 5.97. The summed E-state index contributed by atoms with van der Waals surface area (Å²) in [7, 11) is 0. The number of pyridine rings is 1. The van der Waals surface area contributed by atoms with E-state index < -0.39 is 23.8 Å². The van der Waals surface area contributed by atoms with E-state index in [1.54, 1.807) is 43.5 Å². The first kappa shape index (κ1) is 21.2. The number of anilines is 3. The average molecular weight is 419 g/mol. The first-order chi connectivity index (χ1) is 14.2. The fraction of sp³-hybridized carbons (Fsp3) is 0.200. The summed E-state index contributed by atoms with van der Waals surface area (Å²) in [6, 6.07) is 8.70. The number of carbonyl (C=O) groups excluding carboxylic acids is 1. The largest absolute Gasteiger partial charge is 0.416 e. The number of aromatic nitrogens is 2. The Hall–Kier alpha value is -3.53. The van der Waals surface area contributed by atoms with Crippen LogP contribution in [0.25, 0.3) is 11.3 Å². The van der Waals surface area contributed by atoms with Crippen molar-refractivity contribution in [1.29, 1.82) is 0 Å². The zero-order valence-electron chi connectivity index (χ0n) is 15.9. The molecule has 1 atom stereocenters. The molecule has 0 saturated heterocycles. The van der Waals surface area contributed by atoms with Crippen LogP contribution in [-0.2, 0) is 6.18 Å². The molecule has 0 bridgehead atoms. The van der Waals surface area contributed by atoms with Crippen LogP contribution in [0.1, 0.15) is 12.5 Å². The van der Waals surface area contributed by atoms with Gasteiger partial charge in [-0.1, -0.05) is 12.1 Å². The summed E-state index contributed by atoms with van der Waals surface area (Å²) in [5, 5.41) is 11.9. The van der Waals surface area contributed by atoms with Crippen LogP contribution < -0.4 is 16.0 Å². The average Bonchev–Trinajstić information content (AvgIpc) is 3.14. The number of halogens is 3. The molecule has 2 aromatic heterocycles. The van der Waals surface area contributed by atoms with Gasteiger partial charge in [-0.2, -0.15) is 13.2 Å². The molecule has 0 aliphatic carbocycles. The first-order valence-electron chi connectivity index (χ1n) is 8.98. The van der Waals surface area contributed by atoms with E-state index in [1.807, 2.05) is 0 Å². The third-order valence-electron chi connectivity index (χ3n) is 4.46. The van der Waals surface area contributed by atoms with Gasteiger partial charge in [-0.3, -0.25) is 10.2 Å². The van der Waals surface area contributed by atoms with Gasteiger partial charge in [0.1, 0.15) is 5.82 Å². The molecule has 0 radical (unpaired) electrons. The molecule has 0 spiro atoms. The quantitative estimate of drug-likeness (QED) is 0.499. The number of nitrogens with one attached hydrogen (secondary N) is 2. The Morgan fingerprint density at radius 2 is 1.97 bits per heavy atom. The number of aliphatic hydroxyl groups excluding tert-OH is 1. The summed E-state index contributed by atoms with van der Waals surface area (Å²) in [6.07, 6.45) is -1.89. The van der Waals surface area contributed by atoms with Gasteiger partial charge in [-0.25, -0.2) is 9.78 Å². The smallest absolute Gasteiger partial charge is 0.397 e. The Bertz CT molecular complexity index is 1020. The molecule has 1 unspecified atom stereocenters. The van der Waals surface area contributed by atoms with Crippen molar-refractivity contribution in [3.63, 3.8) is 0 Å². The Morgan fingerprint density at radius 3 is 2.53 bits per heavy atom. The van der Waals surface area contributed by atoms with Gasteiger partial charge in [0, 0.05) is 23.6 Å². The van der Waals surface area contributed by atoms with Crippen molar-refractivity contribution in [2.45, 2.75) is 19.1 Å². The van der Waals surface area contributed by atoms with Crippen molar-refractivity contribution < 1.29 is 23.1 Å².